The number of fused-ring (bicyclic) bond motifs is 1. The average molecular weight is 287 g/mol. The van der Waals surface area contributed by atoms with Gasteiger partial charge in [-0.1, -0.05) is 38.1 Å². The molecule has 1 heterocycles. The van der Waals surface area contributed by atoms with Crippen molar-refractivity contribution in [3.05, 3.63) is 35.4 Å². The van der Waals surface area contributed by atoms with E-state index in [1.54, 1.807) is 0 Å². The molecule has 1 aromatic carbocycles. The Balaban J connectivity index is 2.73. The van der Waals surface area contributed by atoms with Crippen molar-refractivity contribution < 1.29 is 9.90 Å². The lowest BCUT2D eigenvalue weighted by Crippen LogP contribution is -2.56. The van der Waals surface area contributed by atoms with Crippen LogP contribution in [0.3, 0.4) is 0 Å². The number of carbonyl (C=O) groups is 1. The van der Waals surface area contributed by atoms with E-state index in [0.29, 0.717) is 0 Å². The van der Waals surface area contributed by atoms with E-state index in [2.05, 4.69) is 50.8 Å². The normalized spacial score (nSPS) is 18.2. The summed E-state index contributed by atoms with van der Waals surface area (Å²) >= 11 is 0. The Morgan fingerprint density at radius 3 is 2.38 bits per heavy atom. The SMILES string of the molecule is CC1=CC(C)(C)N(C(C(=O)O)C(C)C)c2c(C)cccc21. The van der Waals surface area contributed by atoms with Crippen molar-refractivity contribution >= 4 is 17.2 Å². The molecule has 3 nitrogen and oxygen atoms in total. The third-order valence-electron chi connectivity index (χ3n) is 4.26. The van der Waals surface area contributed by atoms with Gasteiger partial charge in [-0.3, -0.25) is 0 Å². The van der Waals surface area contributed by atoms with Crippen molar-refractivity contribution in [3.8, 4) is 0 Å². The van der Waals surface area contributed by atoms with Crippen LogP contribution in [0.4, 0.5) is 5.69 Å². The average Bonchev–Trinajstić information content (AvgIpc) is 2.33. The highest BCUT2D eigenvalue weighted by Gasteiger charge is 2.41. The van der Waals surface area contributed by atoms with Gasteiger partial charge in [0.2, 0.25) is 0 Å². The van der Waals surface area contributed by atoms with Gasteiger partial charge in [-0.15, -0.1) is 0 Å². The Bertz CT molecular complexity index is 599. The van der Waals surface area contributed by atoms with Crippen LogP contribution in [0.25, 0.3) is 5.57 Å². The minimum absolute atomic E-state index is 0.0287. The second-order valence-electron chi connectivity index (χ2n) is 6.85. The second-order valence-corrected chi connectivity index (χ2v) is 6.85. The van der Waals surface area contributed by atoms with E-state index in [-0.39, 0.29) is 11.5 Å². The lowest BCUT2D eigenvalue weighted by molar-refractivity contribution is -0.140. The largest absolute Gasteiger partial charge is 0.480 e. The molecule has 1 aromatic rings. The van der Waals surface area contributed by atoms with Gasteiger partial charge in [-0.25, -0.2) is 4.79 Å². The van der Waals surface area contributed by atoms with Crippen LogP contribution in [0.2, 0.25) is 0 Å². The topological polar surface area (TPSA) is 40.5 Å². The first kappa shape index (κ1) is 15.6. The van der Waals surface area contributed by atoms with E-state index in [1.807, 2.05) is 19.9 Å². The number of nitrogens with zero attached hydrogens (tertiary/aromatic N) is 1. The smallest absolute Gasteiger partial charge is 0.326 e. The highest BCUT2D eigenvalue weighted by atomic mass is 16.4. The summed E-state index contributed by atoms with van der Waals surface area (Å²) in [4.78, 5) is 13.9. The van der Waals surface area contributed by atoms with E-state index >= 15 is 0 Å². The number of allylic oxidation sites excluding steroid dienone is 1. The van der Waals surface area contributed by atoms with Crippen LogP contribution in [-0.2, 0) is 4.79 Å². The number of benzene rings is 1. The third kappa shape index (κ3) is 2.57. The molecule has 1 unspecified atom stereocenters. The Morgan fingerprint density at radius 1 is 1.24 bits per heavy atom. The third-order valence-corrected chi connectivity index (χ3v) is 4.26. The molecule has 0 amide bonds. The number of carboxylic acid groups (broad SMARTS) is 1. The lowest BCUT2D eigenvalue weighted by Gasteiger charge is -2.48. The molecule has 1 atom stereocenters. The van der Waals surface area contributed by atoms with E-state index in [1.165, 1.54) is 5.57 Å². The van der Waals surface area contributed by atoms with E-state index < -0.39 is 12.0 Å². The van der Waals surface area contributed by atoms with Crippen LogP contribution in [0.5, 0.6) is 0 Å². The molecule has 0 bridgehead atoms. The molecule has 21 heavy (non-hydrogen) atoms. The number of aliphatic carboxylic acids is 1. The number of para-hydroxylation sites is 1. The molecule has 2 rings (SSSR count). The summed E-state index contributed by atoms with van der Waals surface area (Å²) in [5.41, 5.74) is 4.21. The Hall–Kier alpha value is -1.77. The molecule has 1 aliphatic rings. The van der Waals surface area contributed by atoms with E-state index in [9.17, 15) is 9.90 Å². The monoisotopic (exact) mass is 287 g/mol. The van der Waals surface area contributed by atoms with Crippen molar-refractivity contribution in [3.63, 3.8) is 0 Å². The van der Waals surface area contributed by atoms with E-state index in [0.717, 1.165) is 16.8 Å². The van der Waals surface area contributed by atoms with Gasteiger partial charge in [-0.05, 0) is 44.7 Å². The molecule has 114 valence electrons. The standard InChI is InChI=1S/C18H25NO2/c1-11(2)15(17(20)21)19-16-12(3)8-7-9-14(16)13(4)10-18(19,5)6/h7-11,15H,1-6H3,(H,20,21). The molecule has 3 heteroatoms. The number of hydrogen-bond donors (Lipinski definition) is 1. The molecule has 0 fully saturated rings. The maximum atomic E-state index is 11.9. The van der Waals surface area contributed by atoms with Crippen LogP contribution in [0.1, 0.15) is 45.7 Å². The Morgan fingerprint density at radius 2 is 1.86 bits per heavy atom. The molecule has 0 aromatic heterocycles. The molecule has 1 aliphatic heterocycles. The van der Waals surface area contributed by atoms with Gasteiger partial charge in [-0.2, -0.15) is 0 Å². The quantitative estimate of drug-likeness (QED) is 0.909. The number of carboxylic acids is 1. The number of hydrogen-bond acceptors (Lipinski definition) is 2. The predicted molar refractivity (Wildman–Crippen MR) is 87.6 cm³/mol. The zero-order chi connectivity index (χ0) is 15.9. The summed E-state index contributed by atoms with van der Waals surface area (Å²) in [5.74, 6) is -0.735. The number of aryl methyl sites for hydroxylation is 1. The maximum absolute atomic E-state index is 11.9. The van der Waals surface area contributed by atoms with Gasteiger partial charge in [0.05, 0.1) is 5.54 Å². The van der Waals surface area contributed by atoms with Crippen LogP contribution in [-0.4, -0.2) is 22.7 Å². The molecule has 0 radical (unpaired) electrons. The first-order valence-electron chi connectivity index (χ1n) is 7.48. The predicted octanol–water partition coefficient (Wildman–Crippen LogP) is 4.11. The first-order chi connectivity index (χ1) is 9.66. The van der Waals surface area contributed by atoms with Crippen molar-refractivity contribution in [1.82, 2.24) is 0 Å². The molecular formula is C18H25NO2. The van der Waals surface area contributed by atoms with Crippen LogP contribution < -0.4 is 4.90 Å². The van der Waals surface area contributed by atoms with Crippen molar-refractivity contribution in [1.29, 1.82) is 0 Å². The molecular weight excluding hydrogens is 262 g/mol. The summed E-state index contributed by atoms with van der Waals surface area (Å²) in [6.07, 6.45) is 2.17. The molecule has 0 spiro atoms. The zero-order valence-corrected chi connectivity index (χ0v) is 13.8. The van der Waals surface area contributed by atoms with Gasteiger partial charge in [0.25, 0.3) is 0 Å². The molecule has 1 N–H and O–H groups in total. The van der Waals surface area contributed by atoms with Gasteiger partial charge in [0.15, 0.2) is 0 Å². The number of anilines is 1. The van der Waals surface area contributed by atoms with E-state index in [4.69, 9.17) is 0 Å². The summed E-state index contributed by atoms with van der Waals surface area (Å²) in [6.45, 7) is 12.3. The molecule has 0 aliphatic carbocycles. The summed E-state index contributed by atoms with van der Waals surface area (Å²) in [7, 11) is 0. The first-order valence-corrected chi connectivity index (χ1v) is 7.48. The Kier molecular flexibility index (Phi) is 3.87. The second kappa shape index (κ2) is 5.21. The Labute approximate surface area is 127 Å². The fourth-order valence-electron chi connectivity index (χ4n) is 3.45. The van der Waals surface area contributed by atoms with Crippen molar-refractivity contribution in [2.24, 2.45) is 5.92 Å². The minimum atomic E-state index is -0.764. The summed E-state index contributed by atoms with van der Waals surface area (Å²) in [5, 5.41) is 9.75. The minimum Gasteiger partial charge on any atom is -0.480 e. The van der Waals surface area contributed by atoms with Crippen LogP contribution >= 0.6 is 0 Å². The van der Waals surface area contributed by atoms with Crippen molar-refractivity contribution in [2.75, 3.05) is 4.90 Å². The fraction of sp³-hybridized carbons (Fsp3) is 0.500. The highest BCUT2D eigenvalue weighted by Crippen LogP contribution is 2.43. The van der Waals surface area contributed by atoms with Gasteiger partial charge >= 0.3 is 5.97 Å². The zero-order valence-electron chi connectivity index (χ0n) is 13.8. The van der Waals surface area contributed by atoms with Gasteiger partial charge < -0.3 is 10.0 Å². The lowest BCUT2D eigenvalue weighted by atomic mass is 9.84. The fourth-order valence-corrected chi connectivity index (χ4v) is 3.45. The van der Waals surface area contributed by atoms with Crippen LogP contribution in [0, 0.1) is 12.8 Å². The van der Waals surface area contributed by atoms with Gasteiger partial charge in [0, 0.05) is 11.3 Å². The summed E-state index contributed by atoms with van der Waals surface area (Å²) in [6, 6.07) is 5.63. The van der Waals surface area contributed by atoms with Crippen LogP contribution in [0.15, 0.2) is 24.3 Å². The molecule has 0 saturated heterocycles. The number of rotatable bonds is 3. The van der Waals surface area contributed by atoms with Crippen molar-refractivity contribution in [2.45, 2.75) is 53.1 Å². The summed E-state index contributed by atoms with van der Waals surface area (Å²) < 4.78 is 0. The highest BCUT2D eigenvalue weighted by molar-refractivity contribution is 5.88. The molecule has 0 saturated carbocycles. The maximum Gasteiger partial charge on any atom is 0.326 e. The van der Waals surface area contributed by atoms with Gasteiger partial charge in [0.1, 0.15) is 6.04 Å².